The number of carbonyl (C=O) groups excluding carboxylic acids is 1. The summed E-state index contributed by atoms with van der Waals surface area (Å²) < 4.78 is 60.2. The van der Waals surface area contributed by atoms with E-state index < -0.39 is 5.60 Å². The molecular formula is C29H57NO12. The average Bonchev–Trinajstić information content (AvgIpc) is 2.96. The third-order valence-electron chi connectivity index (χ3n) is 5.55. The fourth-order valence-electron chi connectivity index (χ4n) is 3.36. The highest BCUT2D eigenvalue weighted by atomic mass is 16.7. The summed E-state index contributed by atoms with van der Waals surface area (Å²) in [6.07, 6.45) is 2.82. The maximum Gasteiger partial charge on any atom is 0.410 e. The van der Waals surface area contributed by atoms with Crippen molar-refractivity contribution in [3.05, 3.63) is 0 Å². The molecule has 0 aromatic rings. The largest absolute Gasteiger partial charge is 0.444 e. The van der Waals surface area contributed by atoms with Gasteiger partial charge in [-0.1, -0.05) is 0 Å². The Morgan fingerprint density at radius 1 is 0.619 bits per heavy atom. The van der Waals surface area contributed by atoms with Gasteiger partial charge in [-0.25, -0.2) is 4.79 Å². The van der Waals surface area contributed by atoms with Crippen LogP contribution in [-0.4, -0.2) is 155 Å². The molecule has 0 aliphatic carbocycles. The van der Waals surface area contributed by atoms with Crippen LogP contribution >= 0.6 is 0 Å². The monoisotopic (exact) mass is 611 g/mol. The van der Waals surface area contributed by atoms with E-state index in [-0.39, 0.29) is 12.4 Å². The third kappa shape index (κ3) is 26.5. The van der Waals surface area contributed by atoms with E-state index in [4.69, 9.17) is 52.1 Å². The molecule has 13 nitrogen and oxygen atoms in total. The molecule has 0 N–H and O–H groups in total. The van der Waals surface area contributed by atoms with Crippen LogP contribution in [0.2, 0.25) is 0 Å². The van der Waals surface area contributed by atoms with E-state index in [0.29, 0.717) is 119 Å². The van der Waals surface area contributed by atoms with Gasteiger partial charge in [-0.05, 0) is 40.0 Å². The van der Waals surface area contributed by atoms with E-state index in [1.165, 1.54) is 4.90 Å². The van der Waals surface area contributed by atoms with Crippen molar-refractivity contribution in [2.75, 3.05) is 133 Å². The first-order chi connectivity index (χ1) is 20.4. The van der Waals surface area contributed by atoms with Crippen molar-refractivity contribution in [2.24, 2.45) is 0 Å². The van der Waals surface area contributed by atoms with Gasteiger partial charge in [0.1, 0.15) is 5.60 Å². The Labute approximate surface area is 252 Å². The first-order valence-corrected chi connectivity index (χ1v) is 15.2. The van der Waals surface area contributed by atoms with Crippen LogP contribution in [0.25, 0.3) is 0 Å². The summed E-state index contributed by atoms with van der Waals surface area (Å²) in [5.41, 5.74) is -0.506. The molecule has 13 heteroatoms. The Hall–Kier alpha value is -1.13. The summed E-state index contributed by atoms with van der Waals surface area (Å²) in [6, 6.07) is 0. The number of ether oxygens (including phenoxy) is 11. The summed E-state index contributed by atoms with van der Waals surface area (Å²) >= 11 is 0. The molecule has 0 bridgehead atoms. The van der Waals surface area contributed by atoms with Crippen LogP contribution in [-0.2, 0) is 52.1 Å². The zero-order valence-corrected chi connectivity index (χ0v) is 26.5. The van der Waals surface area contributed by atoms with E-state index in [9.17, 15) is 4.79 Å². The van der Waals surface area contributed by atoms with E-state index in [0.717, 1.165) is 25.9 Å². The topological polar surface area (TPSA) is 122 Å². The number of hydrogen-bond acceptors (Lipinski definition) is 12. The van der Waals surface area contributed by atoms with Gasteiger partial charge in [0.2, 0.25) is 0 Å². The third-order valence-corrected chi connectivity index (χ3v) is 5.55. The van der Waals surface area contributed by atoms with Gasteiger partial charge in [0, 0.05) is 20.2 Å². The summed E-state index contributed by atoms with van der Waals surface area (Å²) in [4.78, 5) is 13.3. The second-order valence-corrected chi connectivity index (χ2v) is 10.5. The zero-order chi connectivity index (χ0) is 30.6. The minimum absolute atomic E-state index is 0.0675. The SMILES string of the molecule is CN(CCOCCOCCOCCOCCOCCOCCOCCOCCOC1CCCCO1)C(=O)OC(C)(C)C. The van der Waals surface area contributed by atoms with Crippen LogP contribution < -0.4 is 0 Å². The van der Waals surface area contributed by atoms with Gasteiger partial charge in [-0.3, -0.25) is 0 Å². The number of hydrogen-bond donors (Lipinski definition) is 0. The maximum atomic E-state index is 11.8. The van der Waals surface area contributed by atoms with Gasteiger partial charge in [0.15, 0.2) is 6.29 Å². The number of carbonyl (C=O) groups is 1. The fourth-order valence-corrected chi connectivity index (χ4v) is 3.36. The Kier molecular flexibility index (Phi) is 25.4. The molecule has 0 saturated carbocycles. The predicted molar refractivity (Wildman–Crippen MR) is 155 cm³/mol. The number of nitrogens with zero attached hydrogens (tertiary/aromatic N) is 1. The van der Waals surface area contributed by atoms with Crippen LogP contribution in [0, 0.1) is 0 Å². The van der Waals surface area contributed by atoms with Crippen LogP contribution in [0.1, 0.15) is 40.0 Å². The Bertz CT molecular complexity index is 602. The smallest absolute Gasteiger partial charge is 0.410 e. The molecule has 0 aromatic heterocycles. The highest BCUT2D eigenvalue weighted by Gasteiger charge is 2.19. The molecule has 42 heavy (non-hydrogen) atoms. The van der Waals surface area contributed by atoms with E-state index >= 15 is 0 Å². The normalized spacial score (nSPS) is 15.7. The van der Waals surface area contributed by atoms with Crippen LogP contribution in [0.15, 0.2) is 0 Å². The molecule has 1 aliphatic heterocycles. The molecule has 0 aromatic carbocycles. The first kappa shape index (κ1) is 38.9. The molecule has 0 radical (unpaired) electrons. The lowest BCUT2D eigenvalue weighted by atomic mass is 10.2. The van der Waals surface area contributed by atoms with Crippen molar-refractivity contribution >= 4 is 6.09 Å². The first-order valence-electron chi connectivity index (χ1n) is 15.2. The van der Waals surface area contributed by atoms with Crippen molar-refractivity contribution in [3.63, 3.8) is 0 Å². The molecule has 1 heterocycles. The molecule has 1 saturated heterocycles. The lowest BCUT2D eigenvalue weighted by Crippen LogP contribution is -2.36. The Morgan fingerprint density at radius 3 is 1.36 bits per heavy atom. The highest BCUT2D eigenvalue weighted by Crippen LogP contribution is 2.13. The number of rotatable bonds is 28. The predicted octanol–water partition coefficient (Wildman–Crippen LogP) is 2.53. The zero-order valence-electron chi connectivity index (χ0n) is 26.5. The van der Waals surface area contributed by atoms with E-state index in [1.54, 1.807) is 7.05 Å². The van der Waals surface area contributed by atoms with Crippen LogP contribution in [0.4, 0.5) is 4.79 Å². The van der Waals surface area contributed by atoms with Crippen molar-refractivity contribution in [3.8, 4) is 0 Å². The van der Waals surface area contributed by atoms with Crippen LogP contribution in [0.5, 0.6) is 0 Å². The lowest BCUT2D eigenvalue weighted by Gasteiger charge is -2.24. The number of likely N-dealkylation sites (N-methyl/N-ethyl adjacent to an activating group) is 1. The highest BCUT2D eigenvalue weighted by molar-refractivity contribution is 5.67. The molecule has 1 amide bonds. The molecule has 1 unspecified atom stereocenters. The van der Waals surface area contributed by atoms with E-state index in [1.807, 2.05) is 20.8 Å². The summed E-state index contributed by atoms with van der Waals surface area (Å²) in [5.74, 6) is 0. The second kappa shape index (κ2) is 27.4. The molecule has 250 valence electrons. The summed E-state index contributed by atoms with van der Waals surface area (Å²) in [5, 5.41) is 0. The maximum absolute atomic E-state index is 11.8. The molecule has 1 atom stereocenters. The van der Waals surface area contributed by atoms with E-state index in [2.05, 4.69) is 0 Å². The second-order valence-electron chi connectivity index (χ2n) is 10.5. The molecule has 1 aliphatic rings. The molecule has 1 rings (SSSR count). The molecular weight excluding hydrogens is 554 g/mol. The minimum Gasteiger partial charge on any atom is -0.444 e. The standard InChI is InChI=1S/C29H57NO12/c1-29(2,3)42-28(31)30(4)8-10-32-11-12-33-13-14-34-15-16-35-17-18-36-19-20-37-21-22-38-23-24-39-25-26-41-27-7-5-6-9-40-27/h27H,5-26H2,1-4H3. The summed E-state index contributed by atoms with van der Waals surface area (Å²) in [7, 11) is 1.68. The Morgan fingerprint density at radius 2 is 1.00 bits per heavy atom. The fraction of sp³-hybridized carbons (Fsp3) is 0.966. The lowest BCUT2D eigenvalue weighted by molar-refractivity contribution is -0.169. The van der Waals surface area contributed by atoms with Gasteiger partial charge >= 0.3 is 6.09 Å². The van der Waals surface area contributed by atoms with Crippen LogP contribution in [0.3, 0.4) is 0 Å². The van der Waals surface area contributed by atoms with Gasteiger partial charge < -0.3 is 57.0 Å². The summed E-state index contributed by atoms with van der Waals surface area (Å²) in [6.45, 7) is 15.3. The number of amides is 1. The van der Waals surface area contributed by atoms with Gasteiger partial charge in [-0.15, -0.1) is 0 Å². The minimum atomic E-state index is -0.506. The van der Waals surface area contributed by atoms with Gasteiger partial charge in [0.25, 0.3) is 0 Å². The van der Waals surface area contributed by atoms with Gasteiger partial charge in [-0.2, -0.15) is 0 Å². The molecule has 0 spiro atoms. The van der Waals surface area contributed by atoms with Crippen molar-refractivity contribution < 1.29 is 56.9 Å². The van der Waals surface area contributed by atoms with Gasteiger partial charge in [0.05, 0.1) is 112 Å². The molecule has 1 fully saturated rings. The quantitative estimate of drug-likeness (QED) is 0.121. The van der Waals surface area contributed by atoms with Crippen molar-refractivity contribution in [1.82, 2.24) is 4.90 Å². The van der Waals surface area contributed by atoms with Crippen molar-refractivity contribution in [1.29, 1.82) is 0 Å². The van der Waals surface area contributed by atoms with Crippen molar-refractivity contribution in [2.45, 2.75) is 51.9 Å². The Balaban J connectivity index is 1.67. The average molecular weight is 612 g/mol.